The summed E-state index contributed by atoms with van der Waals surface area (Å²) in [4.78, 5) is 14.8. The predicted octanol–water partition coefficient (Wildman–Crippen LogP) is 3.25. The maximum atomic E-state index is 12.3. The van der Waals surface area contributed by atoms with Crippen LogP contribution in [0.1, 0.15) is 58.8 Å². The Hall–Kier alpha value is -0.370. The number of Topliss-reactive ketones (excluding diaryl/α,β-unsaturated/α-hetero) is 1. The Labute approximate surface area is 106 Å². The van der Waals surface area contributed by atoms with Crippen LogP contribution in [0.5, 0.6) is 0 Å². The van der Waals surface area contributed by atoms with Crippen molar-refractivity contribution < 1.29 is 4.79 Å². The van der Waals surface area contributed by atoms with Gasteiger partial charge in [0.25, 0.3) is 0 Å². The summed E-state index contributed by atoms with van der Waals surface area (Å²) in [6, 6.07) is 1.40. The van der Waals surface area contributed by atoms with E-state index in [2.05, 4.69) is 25.8 Å². The van der Waals surface area contributed by atoms with Crippen molar-refractivity contribution in [1.29, 1.82) is 0 Å². The average Bonchev–Trinajstić information content (AvgIpc) is 2.58. The van der Waals surface area contributed by atoms with Gasteiger partial charge in [-0.25, -0.2) is 0 Å². The fraction of sp³-hybridized carbons (Fsp3) is 0.933. The summed E-state index contributed by atoms with van der Waals surface area (Å²) in [5, 5.41) is 0. The van der Waals surface area contributed by atoms with Gasteiger partial charge in [-0.15, -0.1) is 0 Å². The molecule has 2 atom stereocenters. The first-order valence-electron chi connectivity index (χ1n) is 7.40. The number of carbonyl (C=O) groups is 1. The molecule has 0 aromatic carbocycles. The lowest BCUT2D eigenvalue weighted by molar-refractivity contribution is -0.126. The molecule has 2 aliphatic rings. The summed E-state index contributed by atoms with van der Waals surface area (Å²) in [5.74, 6) is 1.56. The lowest BCUT2D eigenvalue weighted by atomic mass is 9.83. The molecule has 0 aliphatic carbocycles. The minimum absolute atomic E-state index is 0.379. The van der Waals surface area contributed by atoms with Crippen molar-refractivity contribution in [3.8, 4) is 0 Å². The maximum absolute atomic E-state index is 12.3. The normalized spacial score (nSPS) is 33.3. The van der Waals surface area contributed by atoms with E-state index in [1.165, 1.54) is 12.8 Å². The molecule has 0 amide bonds. The van der Waals surface area contributed by atoms with Gasteiger partial charge in [0.15, 0.2) is 0 Å². The minimum atomic E-state index is 0.379. The third-order valence-electron chi connectivity index (χ3n) is 5.20. The highest BCUT2D eigenvalue weighted by atomic mass is 16.1. The molecule has 2 bridgehead atoms. The molecule has 2 rings (SSSR count). The van der Waals surface area contributed by atoms with Crippen molar-refractivity contribution in [2.45, 2.75) is 70.9 Å². The molecule has 0 saturated carbocycles. The van der Waals surface area contributed by atoms with Gasteiger partial charge in [0, 0.05) is 24.4 Å². The molecule has 2 aliphatic heterocycles. The third kappa shape index (κ3) is 2.73. The standard InChI is InChI=1S/C15H27NO/c1-4-11(5-2)8-15(17)12-9-13-6-7-14(10-12)16(13)3/h11-14H,4-10H2,1-3H3. The molecular formula is C15H27NO. The first-order valence-corrected chi connectivity index (χ1v) is 7.40. The molecule has 2 fully saturated rings. The summed E-state index contributed by atoms with van der Waals surface area (Å²) >= 11 is 0. The Morgan fingerprint density at radius 1 is 1.18 bits per heavy atom. The van der Waals surface area contributed by atoms with Crippen molar-refractivity contribution in [3.63, 3.8) is 0 Å². The van der Waals surface area contributed by atoms with Crippen LogP contribution in [0, 0.1) is 11.8 Å². The van der Waals surface area contributed by atoms with Crippen LogP contribution in [0.4, 0.5) is 0 Å². The number of fused-ring (bicyclic) bond motifs is 2. The van der Waals surface area contributed by atoms with E-state index in [1.807, 2.05) is 0 Å². The molecule has 0 aromatic rings. The van der Waals surface area contributed by atoms with E-state index in [-0.39, 0.29) is 0 Å². The fourth-order valence-electron chi connectivity index (χ4n) is 3.70. The smallest absolute Gasteiger partial charge is 0.136 e. The van der Waals surface area contributed by atoms with Gasteiger partial charge < -0.3 is 4.90 Å². The second kappa shape index (κ2) is 5.51. The van der Waals surface area contributed by atoms with Crippen LogP contribution in [-0.4, -0.2) is 29.8 Å². The Bertz CT molecular complexity index is 258. The topological polar surface area (TPSA) is 20.3 Å². The number of ketones is 1. The number of piperidine rings is 1. The lowest BCUT2D eigenvalue weighted by Crippen LogP contribution is -2.42. The summed E-state index contributed by atoms with van der Waals surface area (Å²) in [5.41, 5.74) is 0. The lowest BCUT2D eigenvalue weighted by Gasteiger charge is -2.36. The highest BCUT2D eigenvalue weighted by Gasteiger charge is 2.40. The molecule has 0 N–H and O–H groups in total. The molecule has 0 spiro atoms. The monoisotopic (exact) mass is 237 g/mol. The molecule has 2 nitrogen and oxygen atoms in total. The SMILES string of the molecule is CCC(CC)CC(=O)C1CC2CCC(C1)N2C. The third-order valence-corrected chi connectivity index (χ3v) is 5.20. The molecule has 0 radical (unpaired) electrons. The van der Waals surface area contributed by atoms with E-state index in [0.717, 1.165) is 32.1 Å². The van der Waals surface area contributed by atoms with Crippen LogP contribution in [0.2, 0.25) is 0 Å². The Morgan fingerprint density at radius 2 is 1.71 bits per heavy atom. The van der Waals surface area contributed by atoms with E-state index in [9.17, 15) is 4.79 Å². The van der Waals surface area contributed by atoms with Crippen LogP contribution in [-0.2, 0) is 4.79 Å². The Morgan fingerprint density at radius 3 is 2.18 bits per heavy atom. The number of carbonyl (C=O) groups excluding carboxylic acids is 1. The van der Waals surface area contributed by atoms with E-state index in [1.54, 1.807) is 0 Å². The maximum Gasteiger partial charge on any atom is 0.136 e. The number of hydrogen-bond acceptors (Lipinski definition) is 2. The molecule has 98 valence electrons. The quantitative estimate of drug-likeness (QED) is 0.731. The molecule has 2 saturated heterocycles. The van der Waals surface area contributed by atoms with Gasteiger partial charge in [-0.3, -0.25) is 4.79 Å². The van der Waals surface area contributed by atoms with Crippen molar-refractivity contribution in [2.75, 3.05) is 7.05 Å². The largest absolute Gasteiger partial charge is 0.300 e. The van der Waals surface area contributed by atoms with Crippen LogP contribution >= 0.6 is 0 Å². The second-order valence-corrected chi connectivity index (χ2v) is 6.07. The van der Waals surface area contributed by atoms with E-state index in [0.29, 0.717) is 29.7 Å². The molecule has 2 unspecified atom stereocenters. The van der Waals surface area contributed by atoms with Crippen molar-refractivity contribution in [1.82, 2.24) is 4.90 Å². The van der Waals surface area contributed by atoms with E-state index < -0.39 is 0 Å². The van der Waals surface area contributed by atoms with Gasteiger partial charge in [0.2, 0.25) is 0 Å². The zero-order valence-electron chi connectivity index (χ0n) is 11.6. The van der Waals surface area contributed by atoms with Gasteiger partial charge in [-0.05, 0) is 38.6 Å². The number of nitrogens with zero attached hydrogens (tertiary/aromatic N) is 1. The Balaban J connectivity index is 1.89. The molecular weight excluding hydrogens is 210 g/mol. The zero-order valence-corrected chi connectivity index (χ0v) is 11.6. The first kappa shape index (κ1) is 13.1. The highest BCUT2D eigenvalue weighted by Crippen LogP contribution is 2.38. The Kier molecular flexibility index (Phi) is 4.24. The van der Waals surface area contributed by atoms with Crippen LogP contribution in [0.15, 0.2) is 0 Å². The summed E-state index contributed by atoms with van der Waals surface area (Å²) < 4.78 is 0. The van der Waals surface area contributed by atoms with E-state index >= 15 is 0 Å². The van der Waals surface area contributed by atoms with Crippen LogP contribution in [0.25, 0.3) is 0 Å². The van der Waals surface area contributed by atoms with Gasteiger partial charge in [0.05, 0.1) is 0 Å². The van der Waals surface area contributed by atoms with Crippen LogP contribution < -0.4 is 0 Å². The van der Waals surface area contributed by atoms with Gasteiger partial charge in [-0.1, -0.05) is 26.7 Å². The summed E-state index contributed by atoms with van der Waals surface area (Å²) in [6.07, 6.45) is 8.04. The van der Waals surface area contributed by atoms with Crippen molar-refractivity contribution >= 4 is 5.78 Å². The molecule has 17 heavy (non-hydrogen) atoms. The van der Waals surface area contributed by atoms with Crippen molar-refractivity contribution in [2.24, 2.45) is 11.8 Å². The van der Waals surface area contributed by atoms with Gasteiger partial charge in [0.1, 0.15) is 5.78 Å². The highest BCUT2D eigenvalue weighted by molar-refractivity contribution is 5.81. The summed E-state index contributed by atoms with van der Waals surface area (Å²) in [6.45, 7) is 4.42. The summed E-state index contributed by atoms with van der Waals surface area (Å²) in [7, 11) is 2.24. The van der Waals surface area contributed by atoms with Gasteiger partial charge in [-0.2, -0.15) is 0 Å². The zero-order chi connectivity index (χ0) is 12.4. The predicted molar refractivity (Wildman–Crippen MR) is 71.0 cm³/mol. The fourth-order valence-corrected chi connectivity index (χ4v) is 3.70. The molecule has 0 aromatic heterocycles. The second-order valence-electron chi connectivity index (χ2n) is 6.07. The first-order chi connectivity index (χ1) is 8.15. The van der Waals surface area contributed by atoms with Crippen LogP contribution in [0.3, 0.4) is 0 Å². The minimum Gasteiger partial charge on any atom is -0.300 e. The van der Waals surface area contributed by atoms with Gasteiger partial charge >= 0.3 is 0 Å². The molecule has 2 heterocycles. The van der Waals surface area contributed by atoms with Crippen molar-refractivity contribution in [3.05, 3.63) is 0 Å². The average molecular weight is 237 g/mol. The number of hydrogen-bond donors (Lipinski definition) is 0. The van der Waals surface area contributed by atoms with E-state index in [4.69, 9.17) is 0 Å². The number of rotatable bonds is 5. The molecule has 2 heteroatoms.